The average molecular weight is 572 g/mol. The van der Waals surface area contributed by atoms with E-state index < -0.39 is 43.8 Å². The van der Waals surface area contributed by atoms with Crippen LogP contribution in [0.2, 0.25) is 0 Å². The minimum Gasteiger partial charge on any atom is -0.372 e. The van der Waals surface area contributed by atoms with Crippen LogP contribution >= 0.6 is 11.3 Å². The van der Waals surface area contributed by atoms with Crippen molar-refractivity contribution in [2.24, 2.45) is 0 Å². The molecule has 1 saturated carbocycles. The zero-order chi connectivity index (χ0) is 27.0. The first-order valence-electron chi connectivity index (χ1n) is 12.5. The van der Waals surface area contributed by atoms with Crippen LogP contribution in [0.15, 0.2) is 11.1 Å². The summed E-state index contributed by atoms with van der Waals surface area (Å²) in [7, 11) is -4.28. The minimum absolute atomic E-state index is 0.00240. The zero-order valence-electron chi connectivity index (χ0n) is 21.0. The average Bonchev–Trinajstić information content (AvgIpc) is 3.16. The lowest BCUT2D eigenvalue weighted by Gasteiger charge is -2.38. The fourth-order valence-electron chi connectivity index (χ4n) is 5.08. The third-order valence-electron chi connectivity index (χ3n) is 7.20. The number of alkyl halides is 2. The smallest absolute Gasteiger partial charge is 0.291 e. The number of imidazole rings is 1. The Morgan fingerprint density at radius 2 is 1.92 bits per heavy atom. The van der Waals surface area contributed by atoms with E-state index in [1.807, 2.05) is 13.8 Å². The fraction of sp³-hybridized carbons (Fsp3) is 0.609. The van der Waals surface area contributed by atoms with Gasteiger partial charge in [0.1, 0.15) is 22.4 Å². The van der Waals surface area contributed by atoms with E-state index in [1.165, 1.54) is 10.6 Å². The van der Waals surface area contributed by atoms with Crippen molar-refractivity contribution >= 4 is 32.7 Å². The number of fused-ring (bicyclic) bond motifs is 1. The SMILES string of the molecule is C[C@H]1CN(c2c(F)c(S(=O)(=O)NC3(C)CC3)cn3c(-c4nnc(C(F)F)s4)c(C4CCO4)nc23)C[C@H](C)N1. The van der Waals surface area contributed by atoms with E-state index in [9.17, 15) is 17.2 Å². The largest absolute Gasteiger partial charge is 0.372 e. The number of hydrogen-bond acceptors (Lipinski definition) is 9. The molecule has 0 spiro atoms. The molecule has 1 unspecified atom stereocenters. The highest BCUT2D eigenvalue weighted by Crippen LogP contribution is 2.43. The number of anilines is 1. The van der Waals surface area contributed by atoms with Gasteiger partial charge in [0.2, 0.25) is 10.0 Å². The molecule has 2 N–H and O–H groups in total. The summed E-state index contributed by atoms with van der Waals surface area (Å²) in [5, 5.41) is 10.6. The van der Waals surface area contributed by atoms with Crippen LogP contribution in [0.5, 0.6) is 0 Å². The Kier molecular flexibility index (Phi) is 6.22. The fourth-order valence-corrected chi connectivity index (χ4v) is 7.37. The quantitative estimate of drug-likeness (QED) is 0.444. The van der Waals surface area contributed by atoms with Gasteiger partial charge in [-0.3, -0.25) is 4.40 Å². The van der Waals surface area contributed by atoms with Crippen LogP contribution in [0.1, 0.15) is 63.3 Å². The van der Waals surface area contributed by atoms with Crippen LogP contribution in [0.25, 0.3) is 16.3 Å². The lowest BCUT2D eigenvalue weighted by atomic mass is 10.1. The van der Waals surface area contributed by atoms with Crippen molar-refractivity contribution in [3.05, 3.63) is 22.7 Å². The van der Waals surface area contributed by atoms with E-state index in [4.69, 9.17) is 9.72 Å². The third kappa shape index (κ3) is 4.47. The second-order valence-electron chi connectivity index (χ2n) is 10.6. The number of aromatic nitrogens is 4. The van der Waals surface area contributed by atoms with Gasteiger partial charge in [0.25, 0.3) is 6.43 Å². The van der Waals surface area contributed by atoms with E-state index in [2.05, 4.69) is 20.2 Å². The summed E-state index contributed by atoms with van der Waals surface area (Å²) in [6.45, 7) is 7.02. The molecule has 1 aliphatic carbocycles. The molecule has 0 amide bonds. The number of hydrogen-bond donors (Lipinski definition) is 2. The Balaban J connectivity index is 1.62. The molecule has 0 bridgehead atoms. The Morgan fingerprint density at radius 1 is 1.24 bits per heavy atom. The summed E-state index contributed by atoms with van der Waals surface area (Å²) in [5.41, 5.74) is 0.253. The topological polar surface area (TPSA) is 114 Å². The number of rotatable bonds is 7. The van der Waals surface area contributed by atoms with Crippen LogP contribution < -0.4 is 14.9 Å². The number of piperazine rings is 1. The summed E-state index contributed by atoms with van der Waals surface area (Å²) >= 11 is 0.688. The van der Waals surface area contributed by atoms with Crippen molar-refractivity contribution in [3.63, 3.8) is 0 Å². The van der Waals surface area contributed by atoms with Crippen molar-refractivity contribution in [1.82, 2.24) is 29.6 Å². The van der Waals surface area contributed by atoms with Crippen LogP contribution in [0.3, 0.4) is 0 Å². The molecular formula is C23H28F3N7O3S2. The summed E-state index contributed by atoms with van der Waals surface area (Å²) in [6.07, 6.45) is -0.177. The molecular weight excluding hydrogens is 543 g/mol. The van der Waals surface area contributed by atoms with Gasteiger partial charge in [0, 0.05) is 43.3 Å². The van der Waals surface area contributed by atoms with E-state index in [0.717, 1.165) is 0 Å². The molecule has 0 aromatic carbocycles. The first-order valence-corrected chi connectivity index (χ1v) is 14.8. The molecule has 206 valence electrons. The molecule has 15 heteroatoms. The molecule has 2 aliphatic heterocycles. The molecule has 10 nitrogen and oxygen atoms in total. The van der Waals surface area contributed by atoms with Gasteiger partial charge in [0.05, 0.1) is 12.3 Å². The van der Waals surface area contributed by atoms with E-state index in [1.54, 1.807) is 11.8 Å². The molecule has 38 heavy (non-hydrogen) atoms. The minimum atomic E-state index is -4.28. The van der Waals surface area contributed by atoms with Crippen molar-refractivity contribution in [2.45, 2.75) is 75.1 Å². The molecule has 3 aliphatic rings. The highest BCUT2D eigenvalue weighted by atomic mass is 32.2. The highest BCUT2D eigenvalue weighted by Gasteiger charge is 2.43. The van der Waals surface area contributed by atoms with E-state index >= 15 is 4.39 Å². The van der Waals surface area contributed by atoms with Gasteiger partial charge in [-0.05, 0) is 33.6 Å². The molecule has 5 heterocycles. The summed E-state index contributed by atoms with van der Waals surface area (Å²) in [5.74, 6) is -0.904. The molecule has 0 radical (unpaired) electrons. The number of halogens is 3. The van der Waals surface area contributed by atoms with Crippen LogP contribution in [0, 0.1) is 5.82 Å². The van der Waals surface area contributed by atoms with Crippen LogP contribution in [0.4, 0.5) is 18.9 Å². The summed E-state index contributed by atoms with van der Waals surface area (Å²) in [6, 6.07) is 0.00480. The van der Waals surface area contributed by atoms with Crippen LogP contribution in [-0.2, 0) is 14.8 Å². The first kappa shape index (κ1) is 25.9. The molecule has 6 rings (SSSR count). The maximum Gasteiger partial charge on any atom is 0.291 e. The zero-order valence-corrected chi connectivity index (χ0v) is 22.7. The van der Waals surface area contributed by atoms with Gasteiger partial charge in [-0.25, -0.2) is 31.3 Å². The van der Waals surface area contributed by atoms with Crippen molar-refractivity contribution in [2.75, 3.05) is 24.6 Å². The second kappa shape index (κ2) is 9.11. The number of sulfonamides is 1. The number of nitrogens with zero attached hydrogens (tertiary/aromatic N) is 5. The van der Waals surface area contributed by atoms with Crippen molar-refractivity contribution in [3.8, 4) is 10.7 Å². The second-order valence-corrected chi connectivity index (χ2v) is 13.3. The summed E-state index contributed by atoms with van der Waals surface area (Å²) < 4.78 is 79.9. The van der Waals surface area contributed by atoms with Gasteiger partial charge in [-0.15, -0.1) is 10.2 Å². The van der Waals surface area contributed by atoms with Gasteiger partial charge < -0.3 is 15.0 Å². The Hall–Kier alpha value is -2.33. The Labute approximate surface area is 221 Å². The monoisotopic (exact) mass is 571 g/mol. The maximum atomic E-state index is 16.4. The molecule has 2 saturated heterocycles. The van der Waals surface area contributed by atoms with E-state index in [0.29, 0.717) is 56.0 Å². The summed E-state index contributed by atoms with van der Waals surface area (Å²) in [4.78, 5) is 5.99. The lowest BCUT2D eigenvalue weighted by molar-refractivity contribution is -0.0546. The number of nitrogens with one attached hydrogen (secondary N) is 2. The normalized spacial score (nSPS) is 25.2. The van der Waals surface area contributed by atoms with Crippen molar-refractivity contribution in [1.29, 1.82) is 0 Å². The molecule has 3 fully saturated rings. The number of pyridine rings is 1. The van der Waals surface area contributed by atoms with E-state index in [-0.39, 0.29) is 34.1 Å². The predicted molar refractivity (Wildman–Crippen MR) is 135 cm³/mol. The number of ether oxygens (including phenoxy) is 1. The first-order chi connectivity index (χ1) is 18.0. The van der Waals surface area contributed by atoms with Gasteiger partial charge >= 0.3 is 0 Å². The Bertz CT molecular complexity index is 1490. The Morgan fingerprint density at radius 3 is 2.47 bits per heavy atom. The molecule has 3 atom stereocenters. The predicted octanol–water partition coefficient (Wildman–Crippen LogP) is 3.41. The standard InChI is InChI=1S/C23H28F3N7O3S2/c1-11-8-32(9-12(2)27-11)17-15(24)14(38(34,35)31-23(3)5-6-23)10-33-18(21-29-30-22(37-21)19(25)26)16(28-20(17)33)13-4-7-36-13/h10-13,19,27,31H,4-9H2,1-3H3/t11-,12-,13?/m0/s1. The van der Waals surface area contributed by atoms with Gasteiger partial charge in [0.15, 0.2) is 21.5 Å². The third-order valence-corrected chi connectivity index (χ3v) is 9.76. The molecule has 3 aromatic rings. The van der Waals surface area contributed by atoms with Crippen molar-refractivity contribution < 1.29 is 26.3 Å². The lowest BCUT2D eigenvalue weighted by Crippen LogP contribution is -2.54. The van der Waals surface area contributed by atoms with Crippen LogP contribution in [-0.4, -0.2) is 65.3 Å². The van der Waals surface area contributed by atoms with Gasteiger partial charge in [-0.2, -0.15) is 0 Å². The molecule has 3 aromatic heterocycles. The van der Waals surface area contributed by atoms with Gasteiger partial charge in [-0.1, -0.05) is 11.3 Å². The maximum absolute atomic E-state index is 16.4. The highest BCUT2D eigenvalue weighted by molar-refractivity contribution is 7.89.